The van der Waals surface area contributed by atoms with Crippen LogP contribution >= 0.6 is 0 Å². The number of amides is 1. The monoisotopic (exact) mass is 332 g/mol. The third-order valence-corrected chi connectivity index (χ3v) is 3.88. The number of likely N-dealkylation sites (N-methyl/N-ethyl adjacent to an activating group) is 1. The number of methoxy groups -OCH3 is 2. The van der Waals surface area contributed by atoms with Gasteiger partial charge in [-0.25, -0.2) is 0 Å². The van der Waals surface area contributed by atoms with Gasteiger partial charge in [-0.2, -0.15) is 13.2 Å². The van der Waals surface area contributed by atoms with Crippen LogP contribution in [-0.2, 0) is 4.79 Å². The minimum Gasteiger partial charge on any atom is -0.493 e. The molecule has 0 N–H and O–H groups in total. The van der Waals surface area contributed by atoms with Crippen LogP contribution in [0.5, 0.6) is 11.5 Å². The second-order valence-corrected chi connectivity index (χ2v) is 5.33. The van der Waals surface area contributed by atoms with Gasteiger partial charge in [0.2, 0.25) is 5.91 Å². The van der Waals surface area contributed by atoms with Crippen molar-refractivity contribution in [1.29, 1.82) is 0 Å². The fraction of sp³-hybridized carbons (Fsp3) is 0.533. The number of likely N-dealkylation sites (tertiary alicyclic amines) is 1. The molecule has 0 spiro atoms. The molecule has 1 amide bonds. The average molecular weight is 332 g/mol. The second-order valence-electron chi connectivity index (χ2n) is 5.33. The highest BCUT2D eigenvalue weighted by Crippen LogP contribution is 2.33. The summed E-state index contributed by atoms with van der Waals surface area (Å²) < 4.78 is 47.8. The largest absolute Gasteiger partial charge is 0.493 e. The van der Waals surface area contributed by atoms with Gasteiger partial charge in [0.1, 0.15) is 12.6 Å². The normalized spacial score (nSPS) is 18.3. The molecule has 1 aliphatic rings. The highest BCUT2D eigenvalue weighted by atomic mass is 19.4. The van der Waals surface area contributed by atoms with Crippen molar-refractivity contribution in [3.05, 3.63) is 18.2 Å². The van der Waals surface area contributed by atoms with E-state index in [-0.39, 0.29) is 6.54 Å². The summed E-state index contributed by atoms with van der Waals surface area (Å²) in [4.78, 5) is 14.7. The van der Waals surface area contributed by atoms with Crippen molar-refractivity contribution in [2.75, 3.05) is 39.3 Å². The summed E-state index contributed by atoms with van der Waals surface area (Å²) in [6.07, 6.45) is -4.04. The summed E-state index contributed by atoms with van der Waals surface area (Å²) in [7, 11) is 4.69. The van der Waals surface area contributed by atoms with E-state index in [0.29, 0.717) is 23.6 Å². The van der Waals surface area contributed by atoms with Gasteiger partial charge in [0.15, 0.2) is 11.5 Å². The molecule has 0 aliphatic carbocycles. The fourth-order valence-electron chi connectivity index (χ4n) is 2.68. The number of ether oxygens (including phenoxy) is 2. The first-order valence-corrected chi connectivity index (χ1v) is 7.07. The molecule has 0 bridgehead atoms. The molecule has 5 nitrogen and oxygen atoms in total. The first kappa shape index (κ1) is 17.2. The van der Waals surface area contributed by atoms with Crippen LogP contribution in [0.4, 0.5) is 18.9 Å². The highest BCUT2D eigenvalue weighted by Gasteiger charge is 2.40. The van der Waals surface area contributed by atoms with E-state index in [2.05, 4.69) is 0 Å². The van der Waals surface area contributed by atoms with E-state index in [1.165, 1.54) is 14.2 Å². The van der Waals surface area contributed by atoms with Crippen LogP contribution in [0.15, 0.2) is 18.2 Å². The topological polar surface area (TPSA) is 42.0 Å². The summed E-state index contributed by atoms with van der Waals surface area (Å²) >= 11 is 0. The molecule has 0 radical (unpaired) electrons. The second kappa shape index (κ2) is 6.55. The van der Waals surface area contributed by atoms with Crippen LogP contribution in [0.3, 0.4) is 0 Å². The number of carbonyl (C=O) groups is 1. The molecule has 0 saturated carbocycles. The molecule has 8 heteroatoms. The zero-order valence-corrected chi connectivity index (χ0v) is 13.2. The van der Waals surface area contributed by atoms with E-state index in [0.717, 1.165) is 4.90 Å². The number of hydrogen-bond donors (Lipinski definition) is 0. The third kappa shape index (κ3) is 3.80. The van der Waals surface area contributed by atoms with Crippen molar-refractivity contribution in [3.8, 4) is 11.5 Å². The summed E-state index contributed by atoms with van der Waals surface area (Å²) in [5.41, 5.74) is 0.676. The summed E-state index contributed by atoms with van der Waals surface area (Å²) in [5.74, 6) is 0.523. The SMILES string of the molecule is COc1ccc(N(C)C2CCN(CC(F)(F)F)C2=O)cc1OC. The lowest BCUT2D eigenvalue weighted by molar-refractivity contribution is -0.157. The van der Waals surface area contributed by atoms with Gasteiger partial charge in [0.05, 0.1) is 14.2 Å². The van der Waals surface area contributed by atoms with E-state index in [1.54, 1.807) is 30.1 Å². The van der Waals surface area contributed by atoms with Crippen LogP contribution in [0.2, 0.25) is 0 Å². The Bertz CT molecular complexity index is 578. The first-order chi connectivity index (χ1) is 10.8. The van der Waals surface area contributed by atoms with Gasteiger partial charge in [-0.1, -0.05) is 0 Å². The minimum atomic E-state index is -4.38. The number of carbonyl (C=O) groups excluding carboxylic acids is 1. The Morgan fingerprint density at radius 1 is 1.26 bits per heavy atom. The highest BCUT2D eigenvalue weighted by molar-refractivity contribution is 5.87. The molecule has 0 aromatic heterocycles. The number of alkyl halides is 3. The van der Waals surface area contributed by atoms with E-state index < -0.39 is 24.7 Å². The molecule has 1 heterocycles. The number of benzene rings is 1. The molecular weight excluding hydrogens is 313 g/mol. The van der Waals surface area contributed by atoms with Gasteiger partial charge >= 0.3 is 6.18 Å². The van der Waals surface area contributed by atoms with Crippen LogP contribution in [-0.4, -0.2) is 57.4 Å². The van der Waals surface area contributed by atoms with Crippen LogP contribution in [0.25, 0.3) is 0 Å². The molecule has 2 rings (SSSR count). The number of nitrogens with zero attached hydrogens (tertiary/aromatic N) is 2. The predicted octanol–water partition coefficient (Wildman–Crippen LogP) is 2.30. The molecule has 128 valence electrons. The first-order valence-electron chi connectivity index (χ1n) is 7.07. The van der Waals surface area contributed by atoms with Gasteiger partial charge in [-0.15, -0.1) is 0 Å². The number of rotatable bonds is 5. The van der Waals surface area contributed by atoms with Crippen molar-refractivity contribution >= 4 is 11.6 Å². The van der Waals surface area contributed by atoms with E-state index >= 15 is 0 Å². The van der Waals surface area contributed by atoms with Gasteiger partial charge < -0.3 is 19.3 Å². The molecule has 1 aromatic carbocycles. The smallest absolute Gasteiger partial charge is 0.406 e. The van der Waals surface area contributed by atoms with Gasteiger partial charge in [-0.05, 0) is 18.6 Å². The Hall–Kier alpha value is -2.12. The fourth-order valence-corrected chi connectivity index (χ4v) is 2.68. The molecule has 1 aromatic rings. The molecule has 1 atom stereocenters. The number of anilines is 1. The Labute approximate surface area is 132 Å². The van der Waals surface area contributed by atoms with Crippen LogP contribution in [0, 0.1) is 0 Å². The zero-order valence-electron chi connectivity index (χ0n) is 13.2. The lowest BCUT2D eigenvalue weighted by Crippen LogP contribution is -2.42. The van der Waals surface area contributed by atoms with Gasteiger partial charge in [0, 0.05) is 25.3 Å². The van der Waals surface area contributed by atoms with E-state index in [1.807, 2.05) is 0 Å². The lowest BCUT2D eigenvalue weighted by Gasteiger charge is -2.26. The summed E-state index contributed by atoms with van der Waals surface area (Å²) in [6.45, 7) is -1.11. The molecule has 23 heavy (non-hydrogen) atoms. The Morgan fingerprint density at radius 3 is 2.48 bits per heavy atom. The number of hydrogen-bond acceptors (Lipinski definition) is 4. The minimum absolute atomic E-state index is 0.0979. The quantitative estimate of drug-likeness (QED) is 0.830. The molecular formula is C15H19F3N2O3. The summed E-state index contributed by atoms with van der Waals surface area (Å²) in [5, 5.41) is 0. The molecule has 1 saturated heterocycles. The maximum absolute atomic E-state index is 12.5. The van der Waals surface area contributed by atoms with Crippen molar-refractivity contribution in [1.82, 2.24) is 4.90 Å². The maximum Gasteiger partial charge on any atom is 0.406 e. The lowest BCUT2D eigenvalue weighted by atomic mass is 10.2. The Balaban J connectivity index is 2.15. The molecule has 1 fully saturated rings. The van der Waals surface area contributed by atoms with Crippen molar-refractivity contribution in [2.24, 2.45) is 0 Å². The van der Waals surface area contributed by atoms with Crippen LogP contribution in [0.1, 0.15) is 6.42 Å². The maximum atomic E-state index is 12.5. The van der Waals surface area contributed by atoms with E-state index in [9.17, 15) is 18.0 Å². The zero-order chi connectivity index (χ0) is 17.2. The third-order valence-electron chi connectivity index (χ3n) is 3.88. The Morgan fingerprint density at radius 2 is 1.91 bits per heavy atom. The summed E-state index contributed by atoms with van der Waals surface area (Å²) in [6, 6.07) is 4.51. The number of halogens is 3. The average Bonchev–Trinajstić information content (AvgIpc) is 2.85. The van der Waals surface area contributed by atoms with Crippen molar-refractivity contribution in [2.45, 2.75) is 18.6 Å². The van der Waals surface area contributed by atoms with Gasteiger partial charge in [0.25, 0.3) is 0 Å². The Kier molecular flexibility index (Phi) is 4.91. The predicted molar refractivity (Wildman–Crippen MR) is 79.0 cm³/mol. The van der Waals surface area contributed by atoms with E-state index in [4.69, 9.17) is 9.47 Å². The molecule has 1 aliphatic heterocycles. The van der Waals surface area contributed by atoms with Crippen molar-refractivity contribution in [3.63, 3.8) is 0 Å². The molecule has 1 unspecified atom stereocenters. The standard InChI is InChI=1S/C15H19F3N2O3/c1-19(10-4-5-12(22-2)13(8-10)23-3)11-6-7-20(14(11)21)9-15(16,17)18/h4-5,8,11H,6-7,9H2,1-3H3. The van der Waals surface area contributed by atoms with Crippen LogP contribution < -0.4 is 14.4 Å². The van der Waals surface area contributed by atoms with Gasteiger partial charge in [-0.3, -0.25) is 4.79 Å². The van der Waals surface area contributed by atoms with Crippen molar-refractivity contribution < 1.29 is 27.4 Å².